The molecule has 7 N–H and O–H groups in total. The van der Waals surface area contributed by atoms with Crippen molar-refractivity contribution in [1.29, 1.82) is 0 Å². The largest absolute Gasteiger partial charge is 0.396 e. The number of fused-ring (bicyclic) bond motifs is 1. The van der Waals surface area contributed by atoms with Crippen LogP contribution in [0.15, 0.2) is 11.1 Å². The highest BCUT2D eigenvalue weighted by Gasteiger charge is 2.49. The minimum absolute atomic E-state index is 0.00513. The number of aromatic nitrogens is 4. The van der Waals surface area contributed by atoms with Crippen molar-refractivity contribution in [3.05, 3.63) is 16.7 Å². The van der Waals surface area contributed by atoms with Crippen LogP contribution in [0.2, 0.25) is 0 Å². The van der Waals surface area contributed by atoms with Gasteiger partial charge in [0.1, 0.15) is 6.10 Å². The summed E-state index contributed by atoms with van der Waals surface area (Å²) in [6, 6.07) is -0.990. The van der Waals surface area contributed by atoms with Gasteiger partial charge in [-0.2, -0.15) is 4.98 Å². The number of rotatable bonds is 2. The van der Waals surface area contributed by atoms with E-state index in [1.165, 1.54) is 10.9 Å². The molecule has 1 aliphatic rings. The van der Waals surface area contributed by atoms with Crippen molar-refractivity contribution in [1.82, 2.24) is 19.5 Å². The maximum Gasteiger partial charge on any atom is 0.280 e. The molecule has 10 nitrogen and oxygen atoms in total. The minimum Gasteiger partial charge on any atom is -0.396 e. The summed E-state index contributed by atoms with van der Waals surface area (Å²) >= 11 is 0. The predicted molar refractivity (Wildman–Crippen MR) is 70.2 cm³/mol. The highest BCUT2D eigenvalue weighted by Crippen LogP contribution is 2.36. The van der Waals surface area contributed by atoms with Gasteiger partial charge in [0.25, 0.3) is 5.56 Å². The molecule has 0 saturated heterocycles. The van der Waals surface area contributed by atoms with E-state index in [4.69, 9.17) is 5.73 Å². The summed E-state index contributed by atoms with van der Waals surface area (Å²) in [7, 11) is 0. The monoisotopic (exact) mass is 297 g/mol. The fraction of sp³-hybridized carbons (Fsp3) is 0.545. The smallest absolute Gasteiger partial charge is 0.280 e. The fourth-order valence-electron chi connectivity index (χ4n) is 2.82. The number of nitrogen functional groups attached to an aromatic ring is 1. The first-order valence-corrected chi connectivity index (χ1v) is 6.33. The Balaban J connectivity index is 2.15. The summed E-state index contributed by atoms with van der Waals surface area (Å²) in [5, 5.41) is 39.3. The Morgan fingerprint density at radius 2 is 2.00 bits per heavy atom. The lowest BCUT2D eigenvalue weighted by atomic mass is 10.0. The number of H-pyrrole nitrogens is 1. The van der Waals surface area contributed by atoms with Crippen LogP contribution >= 0.6 is 0 Å². The van der Waals surface area contributed by atoms with Crippen LogP contribution in [0.4, 0.5) is 5.95 Å². The number of hydrogen-bond donors (Lipinski definition) is 6. The van der Waals surface area contributed by atoms with Gasteiger partial charge in [-0.1, -0.05) is 0 Å². The molecule has 0 bridgehead atoms. The molecular formula is C11H15N5O5. The number of nitrogens with two attached hydrogens (primary N) is 1. The van der Waals surface area contributed by atoms with Crippen molar-refractivity contribution in [3.8, 4) is 0 Å². The van der Waals surface area contributed by atoms with Gasteiger partial charge in [0.05, 0.1) is 31.2 Å². The molecule has 0 spiro atoms. The number of aliphatic hydroxyl groups excluding tert-OH is 4. The highest BCUT2D eigenvalue weighted by atomic mass is 16.3. The molecule has 0 unspecified atom stereocenters. The molecule has 2 aromatic heterocycles. The van der Waals surface area contributed by atoms with Gasteiger partial charge in [0, 0.05) is 5.92 Å². The standard InChI is InChI=1S/C11H15N5O5/c12-11-14-9-4(10(21)15-11)13-2-16(9)5-6(18)3(1-17)7(19)8(5)20/h2-3,5-8,17-20H,1H2,(H3,12,14,15,21)/t3-,5+,6+,7-,8+/m0/s1. The average Bonchev–Trinajstić information content (AvgIpc) is 2.91. The van der Waals surface area contributed by atoms with E-state index in [0.29, 0.717) is 0 Å². The zero-order valence-corrected chi connectivity index (χ0v) is 10.8. The lowest BCUT2D eigenvalue weighted by molar-refractivity contribution is -0.00782. The van der Waals surface area contributed by atoms with E-state index in [2.05, 4.69) is 15.0 Å². The molecule has 1 saturated carbocycles. The summed E-state index contributed by atoms with van der Waals surface area (Å²) in [6.45, 7) is -0.487. The Labute approximate surface area is 117 Å². The molecule has 2 heterocycles. The van der Waals surface area contributed by atoms with Gasteiger partial charge >= 0.3 is 0 Å². The Morgan fingerprint density at radius 3 is 2.62 bits per heavy atom. The Bertz CT molecular complexity index is 727. The van der Waals surface area contributed by atoms with Crippen LogP contribution in [0.1, 0.15) is 6.04 Å². The number of imidazole rings is 1. The third kappa shape index (κ3) is 1.92. The first-order valence-electron chi connectivity index (χ1n) is 6.33. The third-order valence-corrected chi connectivity index (χ3v) is 3.91. The zero-order chi connectivity index (χ0) is 15.3. The molecule has 3 rings (SSSR count). The number of nitrogens with one attached hydrogen (secondary N) is 1. The second-order valence-electron chi connectivity index (χ2n) is 5.08. The zero-order valence-electron chi connectivity index (χ0n) is 10.8. The van der Waals surface area contributed by atoms with E-state index in [9.17, 15) is 25.2 Å². The van der Waals surface area contributed by atoms with Gasteiger partial charge in [-0.25, -0.2) is 4.98 Å². The van der Waals surface area contributed by atoms with Crippen molar-refractivity contribution < 1.29 is 20.4 Å². The van der Waals surface area contributed by atoms with Gasteiger partial charge in [0.2, 0.25) is 5.95 Å². The lowest BCUT2D eigenvalue weighted by Crippen LogP contribution is -2.30. The van der Waals surface area contributed by atoms with Gasteiger partial charge < -0.3 is 30.7 Å². The molecule has 0 aliphatic heterocycles. The van der Waals surface area contributed by atoms with Crippen LogP contribution in [-0.2, 0) is 0 Å². The van der Waals surface area contributed by atoms with Crippen LogP contribution in [0, 0.1) is 5.92 Å². The molecular weight excluding hydrogens is 282 g/mol. The second kappa shape index (κ2) is 4.77. The number of nitrogens with zero attached hydrogens (tertiary/aromatic N) is 3. The van der Waals surface area contributed by atoms with Crippen LogP contribution in [0.25, 0.3) is 11.2 Å². The first kappa shape index (κ1) is 13.9. The van der Waals surface area contributed by atoms with Gasteiger partial charge in [-0.05, 0) is 0 Å². The van der Waals surface area contributed by atoms with E-state index in [0.717, 1.165) is 0 Å². The maximum atomic E-state index is 11.7. The van der Waals surface area contributed by atoms with Gasteiger partial charge in [-0.3, -0.25) is 9.78 Å². The van der Waals surface area contributed by atoms with E-state index in [-0.39, 0.29) is 17.1 Å². The number of aliphatic hydroxyl groups is 4. The van der Waals surface area contributed by atoms with Crippen LogP contribution < -0.4 is 11.3 Å². The summed E-state index contributed by atoms with van der Waals surface area (Å²) < 4.78 is 1.29. The van der Waals surface area contributed by atoms with E-state index in [1.54, 1.807) is 0 Å². The molecule has 21 heavy (non-hydrogen) atoms. The van der Waals surface area contributed by atoms with E-state index < -0.39 is 42.4 Å². The van der Waals surface area contributed by atoms with Gasteiger partial charge in [0.15, 0.2) is 11.2 Å². The van der Waals surface area contributed by atoms with Crippen molar-refractivity contribution in [2.45, 2.75) is 24.4 Å². The number of aromatic amines is 1. The Kier molecular flexibility index (Phi) is 3.17. The fourth-order valence-corrected chi connectivity index (χ4v) is 2.82. The van der Waals surface area contributed by atoms with Crippen molar-refractivity contribution in [2.24, 2.45) is 5.92 Å². The quantitative estimate of drug-likeness (QED) is 0.339. The van der Waals surface area contributed by atoms with Crippen LogP contribution in [0.5, 0.6) is 0 Å². The maximum absolute atomic E-state index is 11.7. The van der Waals surface area contributed by atoms with Crippen LogP contribution in [-0.4, -0.2) is 64.9 Å². The molecule has 0 radical (unpaired) electrons. The summed E-state index contributed by atoms with van der Waals surface area (Å²) in [5.74, 6) is -1.03. The minimum atomic E-state index is -1.34. The average molecular weight is 297 g/mol. The van der Waals surface area contributed by atoms with Crippen LogP contribution in [0.3, 0.4) is 0 Å². The van der Waals surface area contributed by atoms with E-state index >= 15 is 0 Å². The molecule has 2 aromatic rings. The van der Waals surface area contributed by atoms with Crippen molar-refractivity contribution in [2.75, 3.05) is 12.3 Å². The van der Waals surface area contributed by atoms with Crippen molar-refractivity contribution in [3.63, 3.8) is 0 Å². The molecule has 1 fully saturated rings. The molecule has 0 aromatic carbocycles. The molecule has 10 heteroatoms. The second-order valence-corrected chi connectivity index (χ2v) is 5.08. The normalized spacial score (nSPS) is 32.9. The topological polar surface area (TPSA) is 171 Å². The SMILES string of the molecule is Nc1nc2c(ncn2[C@@H]2[C@H](O)[C@H](CO)[C@H](O)[C@@H]2O)c(=O)[nH]1. The summed E-state index contributed by atoms with van der Waals surface area (Å²) in [6.07, 6.45) is -2.63. The molecule has 0 amide bonds. The van der Waals surface area contributed by atoms with E-state index in [1.807, 2.05) is 0 Å². The lowest BCUT2D eigenvalue weighted by Gasteiger charge is -2.21. The van der Waals surface area contributed by atoms with Crippen molar-refractivity contribution >= 4 is 17.1 Å². The molecule has 1 aliphatic carbocycles. The summed E-state index contributed by atoms with van der Waals surface area (Å²) in [4.78, 5) is 21.8. The van der Waals surface area contributed by atoms with Gasteiger partial charge in [-0.15, -0.1) is 0 Å². The Hall–Kier alpha value is -2.01. The summed E-state index contributed by atoms with van der Waals surface area (Å²) in [5.41, 5.74) is 5.03. The molecule has 114 valence electrons. The predicted octanol–water partition coefficient (Wildman–Crippen LogP) is -3.05. The first-order chi connectivity index (χ1) is 9.95. The molecule has 5 atom stereocenters. The highest BCUT2D eigenvalue weighted by molar-refractivity contribution is 5.70. The number of anilines is 1. The Morgan fingerprint density at radius 1 is 1.29 bits per heavy atom. The number of hydrogen-bond acceptors (Lipinski definition) is 8. The third-order valence-electron chi connectivity index (χ3n) is 3.91.